The van der Waals surface area contributed by atoms with Crippen molar-refractivity contribution in [3.63, 3.8) is 0 Å². The third kappa shape index (κ3) is 2.85. The van der Waals surface area contributed by atoms with Gasteiger partial charge in [-0.1, -0.05) is 31.2 Å². The minimum absolute atomic E-state index is 0.178. The van der Waals surface area contributed by atoms with Gasteiger partial charge in [-0.2, -0.15) is 0 Å². The summed E-state index contributed by atoms with van der Waals surface area (Å²) in [5.41, 5.74) is 10.1. The average Bonchev–Trinajstić information content (AvgIpc) is 2.37. The van der Waals surface area contributed by atoms with Crippen LogP contribution in [0.25, 0.3) is 0 Å². The Morgan fingerprint density at radius 3 is 2.33 bits per heavy atom. The minimum Gasteiger partial charge on any atom is -0.507 e. The van der Waals surface area contributed by atoms with Crippen molar-refractivity contribution in [3.05, 3.63) is 57.6 Å². The Kier molecular flexibility index (Phi) is 3.92. The van der Waals surface area contributed by atoms with E-state index in [9.17, 15) is 5.11 Å². The van der Waals surface area contributed by atoms with Crippen molar-refractivity contribution < 1.29 is 5.11 Å². The van der Waals surface area contributed by atoms with Crippen LogP contribution in [0.4, 0.5) is 5.69 Å². The van der Waals surface area contributed by atoms with Crippen molar-refractivity contribution in [2.24, 2.45) is 0 Å². The quantitative estimate of drug-likeness (QED) is 0.845. The molecule has 0 amide bonds. The topological polar surface area (TPSA) is 46.2 Å². The summed E-state index contributed by atoms with van der Waals surface area (Å²) in [6, 6.07) is 12.0. The molecule has 0 bridgehead atoms. The molecular formula is C15H16BrNO. The lowest BCUT2D eigenvalue weighted by Gasteiger charge is -2.08. The second-order valence-electron chi connectivity index (χ2n) is 4.35. The molecule has 0 unspecified atom stereocenters. The number of nitrogen functional groups attached to an aromatic ring is 1. The number of hydrogen-bond acceptors (Lipinski definition) is 2. The summed E-state index contributed by atoms with van der Waals surface area (Å²) < 4.78 is 0.678. The molecule has 0 aliphatic carbocycles. The van der Waals surface area contributed by atoms with Crippen LogP contribution in [0.3, 0.4) is 0 Å². The fourth-order valence-corrected chi connectivity index (χ4v) is 2.28. The summed E-state index contributed by atoms with van der Waals surface area (Å²) >= 11 is 3.31. The SMILES string of the molecule is CCc1ccc(Cc2cc(Br)c(O)cc2N)cc1. The summed E-state index contributed by atoms with van der Waals surface area (Å²) in [6.07, 6.45) is 1.82. The van der Waals surface area contributed by atoms with E-state index >= 15 is 0 Å². The molecule has 0 saturated heterocycles. The van der Waals surface area contributed by atoms with Crippen LogP contribution in [-0.4, -0.2) is 5.11 Å². The largest absolute Gasteiger partial charge is 0.507 e. The van der Waals surface area contributed by atoms with E-state index in [0.29, 0.717) is 10.2 Å². The van der Waals surface area contributed by atoms with Gasteiger partial charge in [0.05, 0.1) is 4.47 Å². The Morgan fingerprint density at radius 1 is 1.11 bits per heavy atom. The summed E-state index contributed by atoms with van der Waals surface area (Å²) in [5.74, 6) is 0.178. The number of benzene rings is 2. The lowest BCUT2D eigenvalue weighted by Crippen LogP contribution is -1.96. The van der Waals surface area contributed by atoms with Gasteiger partial charge in [-0.25, -0.2) is 0 Å². The molecule has 94 valence electrons. The van der Waals surface area contributed by atoms with Crippen LogP contribution in [0.5, 0.6) is 5.75 Å². The first-order valence-electron chi connectivity index (χ1n) is 5.95. The number of rotatable bonds is 3. The van der Waals surface area contributed by atoms with Gasteiger partial charge in [-0.15, -0.1) is 0 Å². The van der Waals surface area contributed by atoms with E-state index in [2.05, 4.69) is 47.1 Å². The highest BCUT2D eigenvalue weighted by molar-refractivity contribution is 9.10. The highest BCUT2D eigenvalue weighted by Gasteiger charge is 2.06. The molecule has 0 spiro atoms. The van der Waals surface area contributed by atoms with Crippen LogP contribution in [0.1, 0.15) is 23.6 Å². The van der Waals surface area contributed by atoms with Crippen molar-refractivity contribution in [2.75, 3.05) is 5.73 Å². The molecule has 0 atom stereocenters. The molecule has 0 fully saturated rings. The Bertz CT molecular complexity index is 549. The number of phenolic OH excluding ortho intramolecular Hbond substituents is 1. The number of aromatic hydroxyl groups is 1. The summed E-state index contributed by atoms with van der Waals surface area (Å²) in [7, 11) is 0. The van der Waals surface area contributed by atoms with E-state index in [0.717, 1.165) is 18.4 Å². The summed E-state index contributed by atoms with van der Waals surface area (Å²) in [6.45, 7) is 2.14. The normalized spacial score (nSPS) is 10.6. The zero-order valence-corrected chi connectivity index (χ0v) is 11.9. The van der Waals surface area contributed by atoms with E-state index in [1.54, 1.807) is 6.07 Å². The molecule has 2 aromatic rings. The second kappa shape index (κ2) is 5.44. The Hall–Kier alpha value is -1.48. The van der Waals surface area contributed by atoms with Crippen LogP contribution >= 0.6 is 15.9 Å². The maximum absolute atomic E-state index is 9.53. The third-order valence-electron chi connectivity index (χ3n) is 3.03. The zero-order valence-electron chi connectivity index (χ0n) is 10.3. The van der Waals surface area contributed by atoms with E-state index in [4.69, 9.17) is 5.73 Å². The highest BCUT2D eigenvalue weighted by Crippen LogP contribution is 2.30. The fourth-order valence-electron chi connectivity index (χ4n) is 1.89. The lowest BCUT2D eigenvalue weighted by atomic mass is 10.0. The smallest absolute Gasteiger partial charge is 0.131 e. The molecule has 3 N–H and O–H groups in total. The number of hydrogen-bond donors (Lipinski definition) is 2. The lowest BCUT2D eigenvalue weighted by molar-refractivity contribution is 0.472. The Morgan fingerprint density at radius 2 is 1.72 bits per heavy atom. The molecular weight excluding hydrogens is 290 g/mol. The van der Waals surface area contributed by atoms with Gasteiger partial charge < -0.3 is 10.8 Å². The predicted molar refractivity (Wildman–Crippen MR) is 78.8 cm³/mol. The van der Waals surface area contributed by atoms with Gasteiger partial charge in [0.25, 0.3) is 0 Å². The van der Waals surface area contributed by atoms with Crippen LogP contribution in [-0.2, 0) is 12.8 Å². The van der Waals surface area contributed by atoms with Crippen molar-refractivity contribution in [1.82, 2.24) is 0 Å². The predicted octanol–water partition coefficient (Wildman–Crippen LogP) is 3.89. The number of aryl methyl sites for hydroxylation is 1. The maximum Gasteiger partial charge on any atom is 0.131 e. The molecule has 0 heterocycles. The second-order valence-corrected chi connectivity index (χ2v) is 5.20. The molecule has 2 nitrogen and oxygen atoms in total. The Labute approximate surface area is 116 Å². The number of nitrogens with two attached hydrogens (primary N) is 1. The van der Waals surface area contributed by atoms with E-state index < -0.39 is 0 Å². The first kappa shape index (κ1) is 13.0. The molecule has 0 aliphatic heterocycles. The minimum atomic E-state index is 0.178. The van der Waals surface area contributed by atoms with Crippen LogP contribution in [0, 0.1) is 0 Å². The molecule has 0 aromatic heterocycles. The first-order valence-corrected chi connectivity index (χ1v) is 6.74. The molecule has 3 heteroatoms. The zero-order chi connectivity index (χ0) is 13.1. The van der Waals surface area contributed by atoms with Crippen molar-refractivity contribution >= 4 is 21.6 Å². The highest BCUT2D eigenvalue weighted by atomic mass is 79.9. The van der Waals surface area contributed by atoms with Crippen LogP contribution in [0.2, 0.25) is 0 Å². The molecule has 0 aliphatic rings. The van der Waals surface area contributed by atoms with Crippen molar-refractivity contribution in [1.29, 1.82) is 0 Å². The summed E-state index contributed by atoms with van der Waals surface area (Å²) in [4.78, 5) is 0. The van der Waals surface area contributed by atoms with Crippen LogP contribution in [0.15, 0.2) is 40.9 Å². The van der Waals surface area contributed by atoms with Gasteiger partial charge in [0, 0.05) is 11.8 Å². The summed E-state index contributed by atoms with van der Waals surface area (Å²) in [5, 5.41) is 9.53. The van der Waals surface area contributed by atoms with E-state index in [1.807, 2.05) is 6.07 Å². The standard InChI is InChI=1S/C15H16BrNO/c1-2-10-3-5-11(6-4-10)7-12-8-13(16)15(18)9-14(12)17/h3-6,8-9,18H,2,7,17H2,1H3. The number of anilines is 1. The van der Waals surface area contributed by atoms with Crippen molar-refractivity contribution in [3.8, 4) is 5.75 Å². The monoisotopic (exact) mass is 305 g/mol. The van der Waals surface area contributed by atoms with Gasteiger partial charge >= 0.3 is 0 Å². The first-order chi connectivity index (χ1) is 8.60. The fraction of sp³-hybridized carbons (Fsp3) is 0.200. The van der Waals surface area contributed by atoms with Gasteiger partial charge in [0.2, 0.25) is 0 Å². The third-order valence-corrected chi connectivity index (χ3v) is 3.67. The van der Waals surface area contributed by atoms with Gasteiger partial charge in [-0.3, -0.25) is 0 Å². The number of halogens is 1. The molecule has 18 heavy (non-hydrogen) atoms. The van der Waals surface area contributed by atoms with Crippen molar-refractivity contribution in [2.45, 2.75) is 19.8 Å². The van der Waals surface area contributed by atoms with Gasteiger partial charge in [0.1, 0.15) is 5.75 Å². The van der Waals surface area contributed by atoms with Crippen LogP contribution < -0.4 is 5.73 Å². The molecule has 0 saturated carbocycles. The number of phenols is 1. The van der Waals surface area contributed by atoms with E-state index in [1.165, 1.54) is 11.1 Å². The average molecular weight is 306 g/mol. The van der Waals surface area contributed by atoms with Gasteiger partial charge in [0.15, 0.2) is 0 Å². The van der Waals surface area contributed by atoms with Gasteiger partial charge in [-0.05, 0) is 51.5 Å². The maximum atomic E-state index is 9.53. The molecule has 2 aromatic carbocycles. The van der Waals surface area contributed by atoms with E-state index in [-0.39, 0.29) is 5.75 Å². The Balaban J connectivity index is 2.25. The molecule has 0 radical (unpaired) electrons. The molecule has 2 rings (SSSR count).